The molecule has 4 aliphatic rings. The Labute approximate surface area is 621 Å². The molecule has 16 aromatic carbocycles. The van der Waals surface area contributed by atoms with Crippen molar-refractivity contribution < 1.29 is 0 Å². The Morgan fingerprint density at radius 1 is 0.212 bits per heavy atom. The van der Waals surface area contributed by atoms with Crippen LogP contribution < -0.4 is 70.2 Å². The van der Waals surface area contributed by atoms with Crippen LogP contribution in [-0.4, -0.2) is 43.3 Å². The van der Waals surface area contributed by atoms with Crippen molar-refractivity contribution in [3.8, 4) is 55.6 Å². The number of hydrogen-bond donors (Lipinski definition) is 0. The summed E-state index contributed by atoms with van der Waals surface area (Å²) in [6, 6.07) is 145. The molecule has 20 rings (SSSR count). The first-order chi connectivity index (χ1) is 51.7. The number of para-hydroxylation sites is 8. The molecule has 0 fully saturated rings. The van der Waals surface area contributed by atoms with Gasteiger partial charge in [-0.3, -0.25) is 0 Å². The normalized spacial score (nSPS) is 12.7. The molecule has 486 valence electrons. The van der Waals surface area contributed by atoms with E-state index in [0.29, 0.717) is 0 Å². The molecule has 0 aromatic heterocycles. The van der Waals surface area contributed by atoms with Crippen LogP contribution in [0.25, 0.3) is 55.6 Å². The number of nitrogens with zero attached hydrogens (tertiary/aromatic N) is 4. The monoisotopic (exact) mass is 1450 g/mol. The second kappa shape index (κ2) is 26.1. The van der Waals surface area contributed by atoms with Gasteiger partial charge in [0.15, 0.2) is 0 Å². The summed E-state index contributed by atoms with van der Waals surface area (Å²) in [5, 5.41) is 0. The van der Waals surface area contributed by atoms with Gasteiger partial charge in [-0.25, -0.2) is 0 Å². The van der Waals surface area contributed by atoms with Crippen LogP contribution >= 0.6 is 0 Å². The van der Waals surface area contributed by atoms with Crippen molar-refractivity contribution in [2.75, 3.05) is 19.6 Å². The van der Waals surface area contributed by atoms with Gasteiger partial charge in [0, 0.05) is 0 Å². The summed E-state index contributed by atoms with van der Waals surface area (Å²) in [5.41, 5.74) is 34.0. The Morgan fingerprint density at radius 3 is 0.856 bits per heavy atom. The summed E-state index contributed by atoms with van der Waals surface area (Å²) >= 11 is -0.569. The quantitative estimate of drug-likeness (QED) is 0.107. The molecule has 0 unspecified atom stereocenters. The molecule has 0 saturated heterocycles. The molecule has 4 nitrogen and oxygen atoms in total. The number of hydrogen-bond acceptors (Lipinski definition) is 4. The first kappa shape index (κ1) is 61.7. The Hall–Kier alpha value is -12.1. The molecule has 0 radical (unpaired) electrons. The van der Waals surface area contributed by atoms with E-state index in [1.165, 1.54) is 129 Å². The van der Waals surface area contributed by atoms with Crippen LogP contribution in [-0.2, 0) is 0 Å². The number of anilines is 12. The zero-order chi connectivity index (χ0) is 68.6. The second-order valence-electron chi connectivity index (χ2n) is 26.9. The van der Waals surface area contributed by atoms with E-state index in [-0.39, 0.29) is 43.3 Å². The van der Waals surface area contributed by atoms with Crippen molar-refractivity contribution in [3.63, 3.8) is 0 Å². The summed E-state index contributed by atoms with van der Waals surface area (Å²) in [7, 11) is 0. The van der Waals surface area contributed by atoms with E-state index >= 15 is 0 Å². The molecule has 0 atom stereocenters. The van der Waals surface area contributed by atoms with Crippen molar-refractivity contribution >= 4 is 162 Å². The van der Waals surface area contributed by atoms with Gasteiger partial charge in [-0.05, 0) is 0 Å². The van der Waals surface area contributed by atoms with Crippen LogP contribution in [0.1, 0.15) is 0 Å². The Morgan fingerprint density at radius 2 is 0.500 bits per heavy atom. The third-order valence-electron chi connectivity index (χ3n) is 21.1. The standard InChI is InChI=1S/C96H64B2N4Se2/c1-9-34-65(35-10-1)75-50-25-29-56-83(75)101-85-58-31-27-54-79(85)97-81-64-82-96(104-90-63-74(100(71-46-21-7-22-47-71)72-48-23-8-24-49-72)61-88-94(90)98(82)80-55-28-32-59-86(80)102(88)84-57-30-26-51-76(84)66-36-11-2-12-37-66)92(91-77(67-38-13-3-14-39-67)52-33-53-78(91)68-40-15-4-16-41-68)95(81)103-89-62-73(60-87(101)93(89)97)99(69-42-17-5-18-43-69)70-44-19-6-20-45-70/h1-64H. The van der Waals surface area contributed by atoms with Crippen LogP contribution in [0.3, 0.4) is 0 Å². The summed E-state index contributed by atoms with van der Waals surface area (Å²) in [6.07, 6.45) is 0. The fraction of sp³-hybridized carbons (Fsp3) is 0. The molecule has 4 heterocycles. The first-order valence-electron chi connectivity index (χ1n) is 35.7. The van der Waals surface area contributed by atoms with Crippen LogP contribution in [0.4, 0.5) is 68.2 Å². The van der Waals surface area contributed by atoms with Crippen molar-refractivity contribution in [1.82, 2.24) is 0 Å². The summed E-state index contributed by atoms with van der Waals surface area (Å²) in [4.78, 5) is 10.2. The van der Waals surface area contributed by atoms with E-state index < -0.39 is 0 Å². The van der Waals surface area contributed by atoms with Gasteiger partial charge in [-0.1, -0.05) is 0 Å². The van der Waals surface area contributed by atoms with E-state index in [0.717, 1.165) is 45.5 Å². The molecule has 0 bridgehead atoms. The molecule has 0 aliphatic carbocycles. The van der Waals surface area contributed by atoms with Crippen LogP contribution in [0.15, 0.2) is 388 Å². The van der Waals surface area contributed by atoms with Crippen LogP contribution in [0.5, 0.6) is 0 Å². The van der Waals surface area contributed by atoms with E-state index in [1.54, 1.807) is 0 Å². The zero-order valence-electron chi connectivity index (χ0n) is 56.7. The topological polar surface area (TPSA) is 13.0 Å². The van der Waals surface area contributed by atoms with Crippen molar-refractivity contribution in [2.24, 2.45) is 0 Å². The van der Waals surface area contributed by atoms with Gasteiger partial charge in [-0.2, -0.15) is 0 Å². The van der Waals surface area contributed by atoms with Gasteiger partial charge in [0.2, 0.25) is 0 Å². The molecule has 0 amide bonds. The molecular weight excluding hydrogens is 1390 g/mol. The number of benzene rings is 16. The molecular formula is C96H64B2N4Se2. The van der Waals surface area contributed by atoms with Gasteiger partial charge in [0.25, 0.3) is 0 Å². The zero-order valence-corrected chi connectivity index (χ0v) is 60.1. The molecule has 0 spiro atoms. The van der Waals surface area contributed by atoms with E-state index in [2.05, 4.69) is 408 Å². The third kappa shape index (κ3) is 10.4. The van der Waals surface area contributed by atoms with Gasteiger partial charge < -0.3 is 0 Å². The average Bonchev–Trinajstić information content (AvgIpc) is 0.683. The average molecular weight is 1450 g/mol. The second-order valence-corrected chi connectivity index (χ2v) is 31.4. The Bertz CT molecular complexity index is 5520. The molecule has 4 aliphatic heterocycles. The number of rotatable bonds is 13. The van der Waals surface area contributed by atoms with E-state index in [4.69, 9.17) is 0 Å². The Balaban J connectivity index is 0.927. The van der Waals surface area contributed by atoms with E-state index in [9.17, 15) is 0 Å². The fourth-order valence-corrected chi connectivity index (χ4v) is 22.7. The fourth-order valence-electron chi connectivity index (χ4n) is 16.8. The maximum atomic E-state index is 2.77. The predicted octanol–water partition coefficient (Wildman–Crippen LogP) is 17.5. The minimum atomic E-state index is -0.285. The first-order valence-corrected chi connectivity index (χ1v) is 39.1. The molecule has 16 aromatic rings. The van der Waals surface area contributed by atoms with Crippen LogP contribution in [0.2, 0.25) is 0 Å². The van der Waals surface area contributed by atoms with Crippen LogP contribution in [0, 0.1) is 0 Å². The van der Waals surface area contributed by atoms with Crippen molar-refractivity contribution in [3.05, 3.63) is 388 Å². The van der Waals surface area contributed by atoms with Crippen molar-refractivity contribution in [1.29, 1.82) is 0 Å². The molecule has 104 heavy (non-hydrogen) atoms. The van der Waals surface area contributed by atoms with E-state index in [1.807, 2.05) is 0 Å². The molecule has 0 N–H and O–H groups in total. The minimum absolute atomic E-state index is 0.153. The van der Waals surface area contributed by atoms with Gasteiger partial charge in [0.1, 0.15) is 0 Å². The SMILES string of the molecule is c1ccc(-c2ccccc2N2c3ccccc3B3c4cc5c(c(-c6c(-c7ccccc7)cccc6-c6ccccc6)c4[Se]c4cc(N(c6ccccc6)c6ccccc6)cc2c43)[Se]c2cc(N(c3ccccc3)c3ccccc3)cc3c2B5c2ccccc2N3c2ccccc2-c2ccccc2)cc1. The van der Waals surface area contributed by atoms with Gasteiger partial charge in [0.05, 0.1) is 0 Å². The maximum absolute atomic E-state index is 2.77. The summed E-state index contributed by atoms with van der Waals surface area (Å²) in [6.45, 7) is -0.305. The summed E-state index contributed by atoms with van der Waals surface area (Å²) < 4.78 is 5.63. The summed E-state index contributed by atoms with van der Waals surface area (Å²) in [5.74, 6) is 0. The van der Waals surface area contributed by atoms with Gasteiger partial charge >= 0.3 is 626 Å². The Kier molecular flexibility index (Phi) is 15.5. The third-order valence-corrected chi connectivity index (χ3v) is 26.1. The molecule has 8 heteroatoms. The van der Waals surface area contributed by atoms with Crippen molar-refractivity contribution in [2.45, 2.75) is 0 Å². The van der Waals surface area contributed by atoms with Gasteiger partial charge in [-0.15, -0.1) is 0 Å². The number of fused-ring (bicyclic) bond motifs is 8. The predicted molar refractivity (Wildman–Crippen MR) is 445 cm³/mol. The molecule has 0 saturated carbocycles.